The van der Waals surface area contributed by atoms with Crippen LogP contribution in [0.3, 0.4) is 0 Å². The largest absolute Gasteiger partial charge is 0.433 e. The third-order valence-corrected chi connectivity index (χ3v) is 3.07. The van der Waals surface area contributed by atoms with Crippen LogP contribution in [0.4, 0.5) is 17.3 Å². The van der Waals surface area contributed by atoms with Crippen molar-refractivity contribution in [3.8, 4) is 0 Å². The summed E-state index contributed by atoms with van der Waals surface area (Å²) in [5.41, 5.74) is 4.18. The summed E-state index contributed by atoms with van der Waals surface area (Å²) >= 11 is 0. The summed E-state index contributed by atoms with van der Waals surface area (Å²) in [5.74, 6) is -0.173. The summed E-state index contributed by atoms with van der Waals surface area (Å²) in [6.07, 6.45) is 0. The van der Waals surface area contributed by atoms with Gasteiger partial charge in [-0.25, -0.2) is 0 Å². The molecule has 0 aliphatic heterocycles. The Bertz CT molecular complexity index is 904. The fourth-order valence-electron chi connectivity index (χ4n) is 1.90. The molecule has 1 aromatic heterocycles. The van der Waals surface area contributed by atoms with Gasteiger partial charge >= 0.3 is 5.88 Å². The van der Waals surface area contributed by atoms with Crippen LogP contribution in [0.5, 0.6) is 0 Å². The van der Waals surface area contributed by atoms with Crippen molar-refractivity contribution >= 4 is 23.1 Å². The van der Waals surface area contributed by atoms with E-state index in [4.69, 9.17) is 4.42 Å². The van der Waals surface area contributed by atoms with Crippen LogP contribution in [0, 0.1) is 10.1 Å². The lowest BCUT2D eigenvalue weighted by atomic mass is 10.3. The fourth-order valence-corrected chi connectivity index (χ4v) is 1.90. The third-order valence-electron chi connectivity index (χ3n) is 3.07. The molecule has 0 spiro atoms. The average molecular weight is 335 g/mol. The molecule has 124 valence electrons. The zero-order chi connectivity index (χ0) is 17.5. The van der Waals surface area contributed by atoms with Crippen molar-refractivity contribution in [1.82, 2.24) is 0 Å². The van der Waals surface area contributed by atoms with Crippen LogP contribution in [0.1, 0.15) is 5.76 Å². The number of amidine groups is 1. The van der Waals surface area contributed by atoms with Gasteiger partial charge in [0.2, 0.25) is 5.84 Å². The number of rotatable bonds is 5. The standard InChI is InChI=1S/C17H13N5O3/c23-22(24)16-12-11-15(25-16)17(20-18-13-7-3-1-4-8-13)21-19-14-9-5-2-6-10-14/h1-12,18H/b20-17+,21-19?. The highest BCUT2D eigenvalue weighted by molar-refractivity contribution is 5.97. The number of azo groups is 1. The maximum absolute atomic E-state index is 10.8. The highest BCUT2D eigenvalue weighted by Gasteiger charge is 2.16. The molecule has 0 saturated carbocycles. The quantitative estimate of drug-likeness (QED) is 0.239. The van der Waals surface area contributed by atoms with Gasteiger partial charge in [0.15, 0.2) is 5.76 Å². The number of anilines is 1. The normalized spacial score (nSPS) is 11.6. The number of nitrogens with zero attached hydrogens (tertiary/aromatic N) is 4. The maximum Gasteiger partial charge on any atom is 0.433 e. The molecule has 0 atom stereocenters. The number of nitrogens with one attached hydrogen (secondary N) is 1. The van der Waals surface area contributed by atoms with E-state index < -0.39 is 10.8 Å². The number of para-hydroxylation sites is 1. The molecule has 3 aromatic rings. The summed E-state index contributed by atoms with van der Waals surface area (Å²) < 4.78 is 5.16. The van der Waals surface area contributed by atoms with Crippen LogP contribution >= 0.6 is 0 Å². The first kappa shape index (κ1) is 16.1. The topological polar surface area (TPSA) is 105 Å². The van der Waals surface area contributed by atoms with Crippen LogP contribution in [0.25, 0.3) is 0 Å². The van der Waals surface area contributed by atoms with Gasteiger partial charge in [0.25, 0.3) is 0 Å². The van der Waals surface area contributed by atoms with Gasteiger partial charge in [-0.05, 0) is 30.3 Å². The van der Waals surface area contributed by atoms with Crippen LogP contribution in [0.15, 0.2) is 92.5 Å². The minimum atomic E-state index is -0.625. The van der Waals surface area contributed by atoms with E-state index in [0.717, 1.165) is 5.69 Å². The van der Waals surface area contributed by atoms with Crippen molar-refractivity contribution in [3.05, 3.63) is 88.7 Å². The van der Waals surface area contributed by atoms with Crippen molar-refractivity contribution in [2.75, 3.05) is 5.43 Å². The number of furan rings is 1. The molecule has 0 saturated heterocycles. The number of hydrogen-bond donors (Lipinski definition) is 1. The maximum atomic E-state index is 10.8. The van der Waals surface area contributed by atoms with Crippen LogP contribution in [-0.4, -0.2) is 10.8 Å². The average Bonchev–Trinajstić information content (AvgIpc) is 3.14. The van der Waals surface area contributed by atoms with Crippen LogP contribution < -0.4 is 5.43 Å². The molecule has 1 N–H and O–H groups in total. The molecule has 0 radical (unpaired) electrons. The first-order chi connectivity index (χ1) is 12.2. The molecule has 0 unspecified atom stereocenters. The van der Waals surface area contributed by atoms with E-state index in [0.29, 0.717) is 5.69 Å². The fraction of sp³-hybridized carbons (Fsp3) is 0. The van der Waals surface area contributed by atoms with Gasteiger partial charge in [-0.1, -0.05) is 36.4 Å². The molecule has 0 fully saturated rings. The Morgan fingerprint density at radius 3 is 2.28 bits per heavy atom. The second kappa shape index (κ2) is 7.64. The molecule has 2 aromatic carbocycles. The lowest BCUT2D eigenvalue weighted by molar-refractivity contribution is -0.402. The van der Waals surface area contributed by atoms with E-state index in [-0.39, 0.29) is 11.6 Å². The van der Waals surface area contributed by atoms with Crippen molar-refractivity contribution in [3.63, 3.8) is 0 Å². The molecule has 0 aliphatic carbocycles. The van der Waals surface area contributed by atoms with Gasteiger partial charge < -0.3 is 4.42 Å². The zero-order valence-electron chi connectivity index (χ0n) is 12.9. The molecule has 1 heterocycles. The summed E-state index contributed by atoms with van der Waals surface area (Å²) in [5, 5.41) is 23.1. The first-order valence-corrected chi connectivity index (χ1v) is 7.32. The second-order valence-electron chi connectivity index (χ2n) is 4.84. The second-order valence-corrected chi connectivity index (χ2v) is 4.84. The van der Waals surface area contributed by atoms with Crippen molar-refractivity contribution in [2.45, 2.75) is 0 Å². The molecule has 0 bridgehead atoms. The van der Waals surface area contributed by atoms with Crippen LogP contribution in [-0.2, 0) is 0 Å². The van der Waals surface area contributed by atoms with E-state index in [1.165, 1.54) is 12.1 Å². The molecule has 0 amide bonds. The van der Waals surface area contributed by atoms with Gasteiger partial charge in [0.1, 0.15) is 4.92 Å². The Morgan fingerprint density at radius 1 is 0.960 bits per heavy atom. The Labute approximate surface area is 142 Å². The minimum absolute atomic E-state index is 0.0841. The Kier molecular flexibility index (Phi) is 4.91. The van der Waals surface area contributed by atoms with Gasteiger partial charge in [-0.2, -0.15) is 0 Å². The summed E-state index contributed by atoms with van der Waals surface area (Å²) in [6.45, 7) is 0. The van der Waals surface area contributed by atoms with Gasteiger partial charge in [-0.3, -0.25) is 15.5 Å². The van der Waals surface area contributed by atoms with E-state index >= 15 is 0 Å². The smallest absolute Gasteiger partial charge is 0.397 e. The molecule has 8 nitrogen and oxygen atoms in total. The molecule has 3 rings (SSSR count). The predicted octanol–water partition coefficient (Wildman–Crippen LogP) is 4.75. The molecular weight excluding hydrogens is 322 g/mol. The van der Waals surface area contributed by atoms with Gasteiger partial charge in [0.05, 0.1) is 17.4 Å². The molecule has 8 heteroatoms. The van der Waals surface area contributed by atoms with E-state index in [1.54, 1.807) is 12.1 Å². The molecular formula is C17H13N5O3. The number of nitro groups is 1. The first-order valence-electron chi connectivity index (χ1n) is 7.32. The SMILES string of the molecule is O=[N+]([O-])c1ccc(/C(N=Nc2ccccc2)=N\Nc2ccccc2)o1. The Morgan fingerprint density at radius 2 is 1.64 bits per heavy atom. The van der Waals surface area contributed by atoms with Crippen molar-refractivity contribution < 1.29 is 9.34 Å². The lowest BCUT2D eigenvalue weighted by Gasteiger charge is -2.00. The van der Waals surface area contributed by atoms with Crippen molar-refractivity contribution in [2.24, 2.45) is 15.3 Å². The van der Waals surface area contributed by atoms with E-state index in [2.05, 4.69) is 20.8 Å². The van der Waals surface area contributed by atoms with Gasteiger partial charge in [0, 0.05) is 0 Å². The monoisotopic (exact) mass is 335 g/mol. The Balaban J connectivity index is 1.89. The van der Waals surface area contributed by atoms with Crippen LogP contribution in [0.2, 0.25) is 0 Å². The van der Waals surface area contributed by atoms with E-state index in [1.807, 2.05) is 48.5 Å². The summed E-state index contributed by atoms with van der Waals surface area (Å²) in [7, 11) is 0. The predicted molar refractivity (Wildman–Crippen MR) is 92.9 cm³/mol. The lowest BCUT2D eigenvalue weighted by Crippen LogP contribution is -2.00. The minimum Gasteiger partial charge on any atom is -0.397 e. The third kappa shape index (κ3) is 4.35. The van der Waals surface area contributed by atoms with Gasteiger partial charge in [-0.15, -0.1) is 15.3 Å². The molecule has 25 heavy (non-hydrogen) atoms. The number of hydrogen-bond acceptors (Lipinski definition) is 6. The number of benzene rings is 2. The highest BCUT2D eigenvalue weighted by atomic mass is 16.6. The summed E-state index contributed by atoms with van der Waals surface area (Å²) in [4.78, 5) is 10.2. The molecule has 0 aliphatic rings. The van der Waals surface area contributed by atoms with Crippen molar-refractivity contribution in [1.29, 1.82) is 0 Å². The highest BCUT2D eigenvalue weighted by Crippen LogP contribution is 2.19. The zero-order valence-corrected chi connectivity index (χ0v) is 12.9. The summed E-state index contributed by atoms with van der Waals surface area (Å²) in [6, 6.07) is 20.9. The Hall–Kier alpha value is -3.81. The van der Waals surface area contributed by atoms with E-state index in [9.17, 15) is 10.1 Å². The number of hydrazone groups is 1.